The minimum absolute atomic E-state index is 0.192. The number of carbonyl (C=O) groups is 1. The molecule has 1 heterocycles. The standard InChI is InChI=1S/C14H20FNO.C2HF3O2/c1-10-5-11(2)8-16(7-10)9-12-6-13(15)3-4-14(12)17;3-2(4,5)1(6)7/h3-4,6,10-11,17H,5,7-9H2,1-2H3;(H,6,7). The largest absolute Gasteiger partial charge is 0.508 e. The zero-order chi connectivity index (χ0) is 18.5. The summed E-state index contributed by atoms with van der Waals surface area (Å²) in [5, 5.41) is 16.8. The van der Waals surface area contributed by atoms with E-state index in [9.17, 15) is 22.7 Å². The third-order valence-corrected chi connectivity index (χ3v) is 3.62. The van der Waals surface area contributed by atoms with E-state index in [1.54, 1.807) is 0 Å². The maximum absolute atomic E-state index is 13.1. The molecule has 0 bridgehead atoms. The third-order valence-electron chi connectivity index (χ3n) is 3.62. The lowest BCUT2D eigenvalue weighted by molar-refractivity contribution is -0.192. The maximum atomic E-state index is 13.1. The van der Waals surface area contributed by atoms with Gasteiger partial charge >= 0.3 is 12.1 Å². The lowest BCUT2D eigenvalue weighted by atomic mass is 9.91. The first kappa shape index (κ1) is 20.2. The molecule has 24 heavy (non-hydrogen) atoms. The molecule has 1 saturated heterocycles. The van der Waals surface area contributed by atoms with Crippen LogP contribution in [-0.2, 0) is 11.3 Å². The van der Waals surface area contributed by atoms with E-state index in [1.165, 1.54) is 24.6 Å². The van der Waals surface area contributed by atoms with Crippen LogP contribution in [0, 0.1) is 17.7 Å². The topological polar surface area (TPSA) is 60.8 Å². The van der Waals surface area contributed by atoms with E-state index in [1.807, 2.05) is 0 Å². The average Bonchev–Trinajstić information content (AvgIpc) is 2.41. The molecule has 1 aromatic rings. The highest BCUT2D eigenvalue weighted by atomic mass is 19.4. The van der Waals surface area contributed by atoms with Gasteiger partial charge in [0.1, 0.15) is 11.6 Å². The molecule has 0 amide bonds. The van der Waals surface area contributed by atoms with Crippen molar-refractivity contribution >= 4 is 5.97 Å². The van der Waals surface area contributed by atoms with Gasteiger partial charge < -0.3 is 10.2 Å². The number of rotatable bonds is 2. The minimum Gasteiger partial charge on any atom is -0.508 e. The lowest BCUT2D eigenvalue weighted by Gasteiger charge is -2.35. The number of likely N-dealkylation sites (tertiary alicyclic amines) is 1. The number of hydrogen-bond acceptors (Lipinski definition) is 3. The molecule has 1 aliphatic heterocycles. The zero-order valence-electron chi connectivity index (χ0n) is 13.5. The van der Waals surface area contributed by atoms with Crippen LogP contribution in [0.25, 0.3) is 0 Å². The van der Waals surface area contributed by atoms with E-state index in [-0.39, 0.29) is 11.6 Å². The van der Waals surface area contributed by atoms with Gasteiger partial charge in [-0.3, -0.25) is 4.90 Å². The van der Waals surface area contributed by atoms with E-state index in [4.69, 9.17) is 9.90 Å². The summed E-state index contributed by atoms with van der Waals surface area (Å²) >= 11 is 0. The van der Waals surface area contributed by atoms with Crippen LogP contribution in [0.1, 0.15) is 25.8 Å². The first-order valence-electron chi connectivity index (χ1n) is 7.49. The molecular weight excluding hydrogens is 330 g/mol. The summed E-state index contributed by atoms with van der Waals surface area (Å²) in [5.41, 5.74) is 0.686. The number of hydrogen-bond donors (Lipinski definition) is 2. The number of alkyl halides is 3. The molecule has 0 aromatic heterocycles. The van der Waals surface area contributed by atoms with Crippen molar-refractivity contribution in [1.82, 2.24) is 4.90 Å². The first-order chi connectivity index (χ1) is 11.0. The second kappa shape index (κ2) is 8.32. The van der Waals surface area contributed by atoms with Crippen molar-refractivity contribution in [1.29, 1.82) is 0 Å². The summed E-state index contributed by atoms with van der Waals surface area (Å²) in [4.78, 5) is 11.2. The van der Waals surface area contributed by atoms with Gasteiger partial charge in [0.2, 0.25) is 0 Å². The Balaban J connectivity index is 0.000000351. The van der Waals surface area contributed by atoms with Gasteiger partial charge in [-0.1, -0.05) is 13.8 Å². The molecule has 136 valence electrons. The molecule has 2 atom stereocenters. The molecule has 0 radical (unpaired) electrons. The van der Waals surface area contributed by atoms with Crippen LogP contribution in [0.4, 0.5) is 17.6 Å². The summed E-state index contributed by atoms with van der Waals surface area (Å²) in [6.07, 6.45) is -3.83. The third kappa shape index (κ3) is 6.74. The van der Waals surface area contributed by atoms with Gasteiger partial charge in [0.15, 0.2) is 0 Å². The fourth-order valence-corrected chi connectivity index (χ4v) is 2.84. The van der Waals surface area contributed by atoms with E-state index in [2.05, 4.69) is 18.7 Å². The number of nitrogens with zero attached hydrogens (tertiary/aromatic N) is 1. The predicted molar refractivity (Wildman–Crippen MR) is 80.0 cm³/mol. The van der Waals surface area contributed by atoms with Crippen molar-refractivity contribution < 1.29 is 32.6 Å². The predicted octanol–water partition coefficient (Wildman–Crippen LogP) is 3.64. The average molecular weight is 351 g/mol. The van der Waals surface area contributed by atoms with Crippen LogP contribution in [-0.4, -0.2) is 40.3 Å². The second-order valence-electron chi connectivity index (χ2n) is 6.22. The summed E-state index contributed by atoms with van der Waals surface area (Å²) in [5.74, 6) is -1.50. The fraction of sp³-hybridized carbons (Fsp3) is 0.562. The van der Waals surface area contributed by atoms with Gasteiger partial charge in [-0.15, -0.1) is 0 Å². The Morgan fingerprint density at radius 1 is 1.25 bits per heavy atom. The zero-order valence-corrected chi connectivity index (χ0v) is 13.5. The Labute approximate surface area is 137 Å². The van der Waals surface area contributed by atoms with Crippen molar-refractivity contribution in [3.63, 3.8) is 0 Å². The number of benzene rings is 1. The highest BCUT2D eigenvalue weighted by Gasteiger charge is 2.38. The van der Waals surface area contributed by atoms with Gasteiger partial charge in [0.05, 0.1) is 0 Å². The van der Waals surface area contributed by atoms with Crippen molar-refractivity contribution in [3.8, 4) is 5.75 Å². The molecule has 1 fully saturated rings. The Kier molecular flexibility index (Phi) is 7.01. The van der Waals surface area contributed by atoms with Crippen molar-refractivity contribution in [2.45, 2.75) is 33.0 Å². The summed E-state index contributed by atoms with van der Waals surface area (Å²) in [6, 6.07) is 4.15. The minimum atomic E-state index is -5.08. The molecule has 2 rings (SSSR count). The number of phenols is 1. The monoisotopic (exact) mass is 351 g/mol. The van der Waals surface area contributed by atoms with Crippen LogP contribution in [0.2, 0.25) is 0 Å². The van der Waals surface area contributed by atoms with E-state index in [0.717, 1.165) is 13.1 Å². The van der Waals surface area contributed by atoms with E-state index in [0.29, 0.717) is 23.9 Å². The summed E-state index contributed by atoms with van der Waals surface area (Å²) < 4.78 is 44.9. The molecule has 8 heteroatoms. The van der Waals surface area contributed by atoms with Crippen LogP contribution < -0.4 is 0 Å². The van der Waals surface area contributed by atoms with Crippen LogP contribution >= 0.6 is 0 Å². The van der Waals surface area contributed by atoms with Crippen LogP contribution in [0.5, 0.6) is 5.75 Å². The molecular formula is C16H21F4NO3. The Hall–Kier alpha value is -1.83. The van der Waals surface area contributed by atoms with Gasteiger partial charge in [-0.2, -0.15) is 13.2 Å². The quantitative estimate of drug-likeness (QED) is 0.799. The number of aromatic hydroxyl groups is 1. The normalized spacial score (nSPS) is 21.8. The van der Waals surface area contributed by atoms with Crippen molar-refractivity contribution in [3.05, 3.63) is 29.6 Å². The number of phenolic OH excluding ortho intramolecular Hbond substituents is 1. The SMILES string of the molecule is CC1CC(C)CN(Cc2cc(F)ccc2O)C1.O=C(O)C(F)(F)F. The number of carboxylic acid groups (broad SMARTS) is 1. The number of aliphatic carboxylic acids is 1. The summed E-state index contributed by atoms with van der Waals surface area (Å²) in [7, 11) is 0. The molecule has 2 unspecified atom stereocenters. The number of piperidine rings is 1. The van der Waals surface area contributed by atoms with Crippen LogP contribution in [0.3, 0.4) is 0 Å². The van der Waals surface area contributed by atoms with Gasteiger partial charge in [-0.05, 0) is 36.5 Å². The molecule has 0 spiro atoms. The molecule has 0 aliphatic carbocycles. The van der Waals surface area contributed by atoms with E-state index >= 15 is 0 Å². The number of carboxylic acids is 1. The Morgan fingerprint density at radius 2 is 1.75 bits per heavy atom. The number of halogens is 4. The maximum Gasteiger partial charge on any atom is 0.490 e. The molecule has 2 N–H and O–H groups in total. The molecule has 4 nitrogen and oxygen atoms in total. The second-order valence-corrected chi connectivity index (χ2v) is 6.22. The highest BCUT2D eigenvalue weighted by molar-refractivity contribution is 5.73. The molecule has 1 aromatic carbocycles. The first-order valence-corrected chi connectivity index (χ1v) is 7.49. The highest BCUT2D eigenvalue weighted by Crippen LogP contribution is 2.25. The summed E-state index contributed by atoms with van der Waals surface area (Å²) in [6.45, 7) is 7.18. The van der Waals surface area contributed by atoms with Crippen molar-refractivity contribution in [2.75, 3.05) is 13.1 Å². The lowest BCUT2D eigenvalue weighted by Crippen LogP contribution is -2.38. The molecule has 0 saturated carbocycles. The van der Waals surface area contributed by atoms with Gasteiger partial charge in [0.25, 0.3) is 0 Å². The molecule has 1 aliphatic rings. The van der Waals surface area contributed by atoms with Gasteiger partial charge in [0, 0.05) is 25.2 Å². The fourth-order valence-electron chi connectivity index (χ4n) is 2.84. The Morgan fingerprint density at radius 3 is 2.21 bits per heavy atom. The van der Waals surface area contributed by atoms with E-state index < -0.39 is 12.1 Å². The van der Waals surface area contributed by atoms with Crippen LogP contribution in [0.15, 0.2) is 18.2 Å². The Bertz CT molecular complexity index is 553. The van der Waals surface area contributed by atoms with Crippen molar-refractivity contribution in [2.24, 2.45) is 11.8 Å². The smallest absolute Gasteiger partial charge is 0.490 e. The van der Waals surface area contributed by atoms with Gasteiger partial charge in [-0.25, -0.2) is 9.18 Å².